The van der Waals surface area contributed by atoms with Gasteiger partial charge in [0.25, 0.3) is 11.1 Å². The van der Waals surface area contributed by atoms with E-state index < -0.39 is 5.97 Å². The smallest absolute Gasteiger partial charge is 0.316 e. The number of oxazole rings is 1. The van der Waals surface area contributed by atoms with E-state index in [0.717, 1.165) is 23.7 Å². The highest BCUT2D eigenvalue weighted by Gasteiger charge is 2.12. The highest BCUT2D eigenvalue weighted by Crippen LogP contribution is 2.23. The van der Waals surface area contributed by atoms with Gasteiger partial charge in [-0.2, -0.15) is 0 Å². The number of carbonyl (C=O) groups excluding carboxylic acids is 2. The minimum atomic E-state index is -0.505. The highest BCUT2D eigenvalue weighted by atomic mass is 32.2. The van der Waals surface area contributed by atoms with Gasteiger partial charge in [0, 0.05) is 5.69 Å². The lowest BCUT2D eigenvalue weighted by molar-refractivity contribution is -0.144. The van der Waals surface area contributed by atoms with Crippen molar-refractivity contribution in [1.82, 2.24) is 4.98 Å². The molecule has 1 heterocycles. The fourth-order valence-corrected chi connectivity index (χ4v) is 3.19. The van der Waals surface area contributed by atoms with Crippen LogP contribution in [0.3, 0.4) is 0 Å². The first kappa shape index (κ1) is 19.9. The van der Waals surface area contributed by atoms with Gasteiger partial charge in [0.1, 0.15) is 11.3 Å². The Bertz CT molecular complexity index is 919. The van der Waals surface area contributed by atoms with Crippen molar-refractivity contribution in [2.75, 3.05) is 17.7 Å². The Balaban J connectivity index is 1.41. The number of hydrogen-bond acceptors (Lipinski definition) is 6. The molecule has 0 saturated carbocycles. The number of fused-ring (bicyclic) bond motifs is 1. The van der Waals surface area contributed by atoms with E-state index in [1.807, 2.05) is 48.5 Å². The third-order valence-electron chi connectivity index (χ3n) is 4.33. The molecule has 3 aromatic rings. The van der Waals surface area contributed by atoms with Crippen molar-refractivity contribution >= 4 is 40.4 Å². The number of amides is 1. The van der Waals surface area contributed by atoms with E-state index in [1.54, 1.807) is 0 Å². The molecule has 0 fully saturated rings. The Kier molecular flexibility index (Phi) is 6.71. The van der Waals surface area contributed by atoms with Crippen LogP contribution < -0.4 is 5.32 Å². The molecular weight excluding hydrogens is 376 g/mol. The average molecular weight is 398 g/mol. The van der Waals surface area contributed by atoms with Gasteiger partial charge in [-0.15, -0.1) is 0 Å². The maximum Gasteiger partial charge on any atom is 0.316 e. The molecule has 0 radical (unpaired) electrons. The summed E-state index contributed by atoms with van der Waals surface area (Å²) < 4.78 is 10.5. The maximum absolute atomic E-state index is 12.0. The summed E-state index contributed by atoms with van der Waals surface area (Å²) in [5.74, 6) is -0.389. The molecule has 0 aliphatic carbocycles. The van der Waals surface area contributed by atoms with Gasteiger partial charge in [0.2, 0.25) is 0 Å². The van der Waals surface area contributed by atoms with E-state index in [1.165, 1.54) is 5.56 Å². The predicted octanol–water partition coefficient (Wildman–Crippen LogP) is 4.62. The molecule has 1 amide bonds. The fraction of sp³-hybridized carbons (Fsp3) is 0.286. The fourth-order valence-electron chi connectivity index (χ4n) is 2.55. The molecule has 0 spiro atoms. The van der Waals surface area contributed by atoms with Gasteiger partial charge in [-0.05, 0) is 42.2 Å². The molecule has 0 unspecified atom stereocenters. The molecule has 1 atom stereocenters. The van der Waals surface area contributed by atoms with Gasteiger partial charge in [-0.1, -0.05) is 49.9 Å². The van der Waals surface area contributed by atoms with Crippen LogP contribution in [0, 0.1) is 0 Å². The quantitative estimate of drug-likeness (QED) is 0.441. The van der Waals surface area contributed by atoms with Crippen LogP contribution in [-0.2, 0) is 14.3 Å². The standard InChI is InChI=1S/C21H22N2O4S/c1-3-14(2)15-8-10-16(11-9-15)22-19(24)12-26-20(25)13-28-21-23-17-6-4-5-7-18(17)27-21/h4-11,14H,3,12-13H2,1-2H3,(H,22,24)/t14-/m0/s1. The Hall–Kier alpha value is -2.80. The summed E-state index contributed by atoms with van der Waals surface area (Å²) in [6.45, 7) is 3.96. The third kappa shape index (κ3) is 5.36. The number of anilines is 1. The van der Waals surface area contributed by atoms with Gasteiger partial charge in [0.15, 0.2) is 12.2 Å². The number of para-hydroxylation sites is 2. The molecule has 0 aliphatic heterocycles. The van der Waals surface area contributed by atoms with Crippen molar-refractivity contribution < 1.29 is 18.7 Å². The summed E-state index contributed by atoms with van der Waals surface area (Å²) in [6.07, 6.45) is 1.06. The number of ether oxygens (including phenoxy) is 1. The second-order valence-corrected chi connectivity index (χ2v) is 7.30. The number of rotatable bonds is 8. The molecule has 2 aromatic carbocycles. The van der Waals surface area contributed by atoms with Crippen LogP contribution in [-0.4, -0.2) is 29.2 Å². The molecule has 1 aromatic heterocycles. The van der Waals surface area contributed by atoms with Gasteiger partial charge < -0.3 is 14.5 Å². The van der Waals surface area contributed by atoms with Gasteiger partial charge in [0.05, 0.1) is 0 Å². The van der Waals surface area contributed by atoms with Gasteiger partial charge >= 0.3 is 5.97 Å². The third-order valence-corrected chi connectivity index (χ3v) is 5.13. The van der Waals surface area contributed by atoms with E-state index in [4.69, 9.17) is 9.15 Å². The summed E-state index contributed by atoms with van der Waals surface area (Å²) in [4.78, 5) is 28.1. The van der Waals surface area contributed by atoms with E-state index in [9.17, 15) is 9.59 Å². The zero-order valence-corrected chi connectivity index (χ0v) is 16.6. The second-order valence-electron chi connectivity index (χ2n) is 6.38. The SMILES string of the molecule is CC[C@H](C)c1ccc(NC(=O)COC(=O)CSc2nc3ccccc3o2)cc1. The van der Waals surface area contributed by atoms with Crippen LogP contribution >= 0.6 is 11.8 Å². The number of nitrogens with one attached hydrogen (secondary N) is 1. The first-order valence-electron chi connectivity index (χ1n) is 9.09. The molecule has 0 saturated heterocycles. The molecule has 3 rings (SSSR count). The Morgan fingerprint density at radius 1 is 1.18 bits per heavy atom. The lowest BCUT2D eigenvalue weighted by Crippen LogP contribution is -2.21. The van der Waals surface area contributed by atoms with E-state index >= 15 is 0 Å². The normalized spacial score (nSPS) is 11.9. The van der Waals surface area contributed by atoms with Crippen molar-refractivity contribution in [3.8, 4) is 0 Å². The summed E-state index contributed by atoms with van der Waals surface area (Å²) in [5, 5.41) is 3.11. The van der Waals surface area contributed by atoms with Gasteiger partial charge in [-0.3, -0.25) is 9.59 Å². The molecule has 146 valence electrons. The Morgan fingerprint density at radius 2 is 1.93 bits per heavy atom. The first-order valence-corrected chi connectivity index (χ1v) is 10.1. The summed E-state index contributed by atoms with van der Waals surface area (Å²) >= 11 is 1.13. The van der Waals surface area contributed by atoms with Gasteiger partial charge in [-0.25, -0.2) is 4.98 Å². The lowest BCUT2D eigenvalue weighted by Gasteiger charge is -2.10. The van der Waals surface area contributed by atoms with E-state index in [0.29, 0.717) is 22.4 Å². The van der Waals surface area contributed by atoms with Crippen LogP contribution in [0.25, 0.3) is 11.1 Å². The van der Waals surface area contributed by atoms with Crippen molar-refractivity contribution in [2.45, 2.75) is 31.4 Å². The number of thioether (sulfide) groups is 1. The van der Waals surface area contributed by atoms with E-state index in [-0.39, 0.29) is 18.3 Å². The summed E-state index contributed by atoms with van der Waals surface area (Å²) in [7, 11) is 0. The molecule has 0 bridgehead atoms. The van der Waals surface area contributed by atoms with Crippen LogP contribution in [0.1, 0.15) is 31.7 Å². The number of esters is 1. The number of benzene rings is 2. The molecular formula is C21H22N2O4S. The zero-order valence-electron chi connectivity index (χ0n) is 15.8. The summed E-state index contributed by atoms with van der Waals surface area (Å²) in [5.41, 5.74) is 3.30. The van der Waals surface area contributed by atoms with Crippen molar-refractivity contribution in [3.05, 3.63) is 54.1 Å². The average Bonchev–Trinajstić information content (AvgIpc) is 3.13. The second kappa shape index (κ2) is 9.41. The summed E-state index contributed by atoms with van der Waals surface area (Å²) in [6, 6.07) is 15.1. The minimum Gasteiger partial charge on any atom is -0.455 e. The highest BCUT2D eigenvalue weighted by molar-refractivity contribution is 7.99. The lowest BCUT2D eigenvalue weighted by atomic mass is 9.99. The number of nitrogens with zero attached hydrogens (tertiary/aromatic N) is 1. The molecule has 0 aliphatic rings. The number of hydrogen-bond donors (Lipinski definition) is 1. The Labute approximate surface area is 167 Å². The van der Waals surface area contributed by atoms with Crippen molar-refractivity contribution in [1.29, 1.82) is 0 Å². The first-order chi connectivity index (χ1) is 13.5. The Morgan fingerprint density at radius 3 is 2.64 bits per heavy atom. The largest absolute Gasteiger partial charge is 0.455 e. The van der Waals surface area contributed by atoms with Crippen LogP contribution in [0.5, 0.6) is 0 Å². The molecule has 28 heavy (non-hydrogen) atoms. The van der Waals surface area contributed by atoms with Crippen molar-refractivity contribution in [2.24, 2.45) is 0 Å². The molecule has 6 nitrogen and oxygen atoms in total. The minimum absolute atomic E-state index is 0.0176. The number of aromatic nitrogens is 1. The topological polar surface area (TPSA) is 81.4 Å². The number of carbonyl (C=O) groups is 2. The predicted molar refractivity (Wildman–Crippen MR) is 109 cm³/mol. The van der Waals surface area contributed by atoms with Crippen LogP contribution in [0.2, 0.25) is 0 Å². The molecule has 1 N–H and O–H groups in total. The van der Waals surface area contributed by atoms with Crippen LogP contribution in [0.15, 0.2) is 58.2 Å². The van der Waals surface area contributed by atoms with E-state index in [2.05, 4.69) is 24.1 Å². The zero-order chi connectivity index (χ0) is 19.9. The molecule has 7 heteroatoms. The van der Waals surface area contributed by atoms with Crippen LogP contribution in [0.4, 0.5) is 5.69 Å². The maximum atomic E-state index is 12.0. The van der Waals surface area contributed by atoms with Crippen molar-refractivity contribution in [3.63, 3.8) is 0 Å². The monoisotopic (exact) mass is 398 g/mol.